The van der Waals surface area contributed by atoms with Gasteiger partial charge in [0.05, 0.1) is 0 Å². The molecule has 2 nitrogen and oxygen atoms in total. The van der Waals surface area contributed by atoms with Gasteiger partial charge in [-0.3, -0.25) is 0 Å². The molecule has 1 saturated heterocycles. The number of hydrogen-bond acceptors (Lipinski definition) is 2. The Kier molecular flexibility index (Phi) is 3.27. The van der Waals surface area contributed by atoms with Crippen LogP contribution in [0.3, 0.4) is 0 Å². The van der Waals surface area contributed by atoms with Gasteiger partial charge in [0.15, 0.2) is 0 Å². The highest BCUT2D eigenvalue weighted by Crippen LogP contribution is 2.45. The molecule has 2 aromatic rings. The van der Waals surface area contributed by atoms with Crippen LogP contribution in [0.1, 0.15) is 47.0 Å². The largest absolute Gasteiger partial charge is 0.446 e. The van der Waals surface area contributed by atoms with E-state index in [9.17, 15) is 13.2 Å². The molecule has 1 aromatic heterocycles. The van der Waals surface area contributed by atoms with Crippen LogP contribution < -0.4 is 0 Å². The van der Waals surface area contributed by atoms with Gasteiger partial charge >= 0.3 is 5.51 Å². The van der Waals surface area contributed by atoms with Gasteiger partial charge in [0.2, 0.25) is 0 Å². The van der Waals surface area contributed by atoms with E-state index in [1.807, 2.05) is 0 Å². The molecule has 4 rings (SSSR count). The van der Waals surface area contributed by atoms with Crippen molar-refractivity contribution in [2.75, 3.05) is 13.5 Å². The SMILES string of the molecule is [2H]C([2H])([2H])N1CCC[C@@H]1Cc1c(C2CC2)[nH]c2ccc(SC(F)(F)F)cc12. The summed E-state index contributed by atoms with van der Waals surface area (Å²) in [5, 5.41) is 0.795. The zero-order valence-electron chi connectivity index (χ0n) is 16.1. The maximum atomic E-state index is 12.8. The van der Waals surface area contributed by atoms with Crippen molar-refractivity contribution in [2.24, 2.45) is 0 Å². The number of aromatic nitrogens is 1. The number of nitrogens with zero attached hydrogens (tertiary/aromatic N) is 1. The average molecular weight is 357 g/mol. The first kappa shape index (κ1) is 13.1. The summed E-state index contributed by atoms with van der Waals surface area (Å²) in [5.41, 5.74) is -1.42. The average Bonchev–Trinajstić information content (AvgIpc) is 3.16. The molecular formula is C18H21F3N2S. The zero-order valence-corrected chi connectivity index (χ0v) is 13.9. The summed E-state index contributed by atoms with van der Waals surface area (Å²) in [4.78, 5) is 5.12. The summed E-state index contributed by atoms with van der Waals surface area (Å²) >= 11 is -0.109. The molecule has 6 heteroatoms. The van der Waals surface area contributed by atoms with Crippen molar-refractivity contribution in [1.29, 1.82) is 0 Å². The van der Waals surface area contributed by atoms with Crippen LogP contribution >= 0.6 is 11.8 Å². The molecule has 2 aliphatic rings. The second-order valence-electron chi connectivity index (χ2n) is 6.74. The fourth-order valence-corrected chi connectivity index (χ4v) is 4.25. The van der Waals surface area contributed by atoms with E-state index in [1.54, 1.807) is 17.0 Å². The Morgan fingerprint density at radius 2 is 2.17 bits per heavy atom. The van der Waals surface area contributed by atoms with Gasteiger partial charge in [-0.05, 0) is 87.1 Å². The molecule has 1 saturated carbocycles. The highest BCUT2D eigenvalue weighted by molar-refractivity contribution is 8.00. The number of fused-ring (bicyclic) bond motifs is 1. The van der Waals surface area contributed by atoms with Crippen molar-refractivity contribution in [1.82, 2.24) is 9.88 Å². The van der Waals surface area contributed by atoms with Gasteiger partial charge in [0, 0.05) is 31.6 Å². The number of likely N-dealkylation sites (tertiary alicyclic amines) is 1. The molecule has 1 aliphatic carbocycles. The number of aromatic amines is 1. The van der Waals surface area contributed by atoms with Gasteiger partial charge < -0.3 is 9.88 Å². The van der Waals surface area contributed by atoms with E-state index in [0.717, 1.165) is 47.8 Å². The quantitative estimate of drug-likeness (QED) is 0.750. The molecule has 0 spiro atoms. The van der Waals surface area contributed by atoms with Crippen molar-refractivity contribution in [3.63, 3.8) is 0 Å². The van der Waals surface area contributed by atoms with Gasteiger partial charge in [-0.15, -0.1) is 0 Å². The summed E-state index contributed by atoms with van der Waals surface area (Å²) in [6, 6.07) is 4.68. The Hall–Kier alpha value is -1.14. The second kappa shape index (κ2) is 5.99. The number of thioether (sulfide) groups is 1. The van der Waals surface area contributed by atoms with E-state index in [4.69, 9.17) is 4.11 Å². The minimum absolute atomic E-state index is 0.104. The van der Waals surface area contributed by atoms with E-state index in [0.29, 0.717) is 18.9 Å². The minimum atomic E-state index is -4.33. The summed E-state index contributed by atoms with van der Waals surface area (Å²) in [5.74, 6) is 0.411. The third-order valence-corrected chi connectivity index (χ3v) is 5.67. The fourth-order valence-electron chi connectivity index (χ4n) is 3.67. The van der Waals surface area contributed by atoms with Crippen LogP contribution in [0.25, 0.3) is 10.9 Å². The van der Waals surface area contributed by atoms with Gasteiger partial charge in [-0.1, -0.05) is 0 Å². The van der Waals surface area contributed by atoms with Crippen molar-refractivity contribution >= 4 is 22.7 Å². The lowest BCUT2D eigenvalue weighted by molar-refractivity contribution is -0.0328. The van der Waals surface area contributed by atoms with E-state index < -0.39 is 12.5 Å². The van der Waals surface area contributed by atoms with Gasteiger partial charge in [-0.2, -0.15) is 13.2 Å². The summed E-state index contributed by atoms with van der Waals surface area (Å²) in [6.45, 7) is -1.60. The molecule has 1 atom stereocenters. The number of benzene rings is 1. The first-order chi connectivity index (χ1) is 12.6. The van der Waals surface area contributed by atoms with Crippen molar-refractivity contribution in [2.45, 2.75) is 54.5 Å². The summed E-state index contributed by atoms with van der Waals surface area (Å²) in [7, 11) is 0. The summed E-state index contributed by atoms with van der Waals surface area (Å²) in [6.07, 6.45) is 4.32. The molecule has 130 valence electrons. The molecule has 2 fully saturated rings. The number of likely N-dealkylation sites (N-methyl/N-ethyl adjacent to an activating group) is 1. The van der Waals surface area contributed by atoms with E-state index >= 15 is 0 Å². The highest BCUT2D eigenvalue weighted by atomic mass is 32.2. The standard InChI is InChI=1S/C18H21F3N2S/c1-23-8-2-3-12(23)9-15-14-10-13(24-18(19,20)21)6-7-16(14)22-17(15)11-4-5-11/h6-7,10-12,22H,2-5,8-9H2,1H3/t12-/m1/s1/i1D3. The molecule has 24 heavy (non-hydrogen) atoms. The Labute approximate surface area is 148 Å². The molecule has 2 heterocycles. The maximum Gasteiger partial charge on any atom is 0.446 e. The van der Waals surface area contributed by atoms with Crippen LogP contribution in [-0.4, -0.2) is 35.0 Å². The second-order valence-corrected chi connectivity index (χ2v) is 7.88. The molecule has 1 aromatic carbocycles. The zero-order chi connectivity index (χ0) is 19.4. The molecule has 0 amide bonds. The molecule has 0 radical (unpaired) electrons. The van der Waals surface area contributed by atoms with Crippen molar-refractivity contribution in [3.05, 3.63) is 29.5 Å². The smallest absolute Gasteiger partial charge is 0.358 e. The fraction of sp³-hybridized carbons (Fsp3) is 0.556. The van der Waals surface area contributed by atoms with Crippen LogP contribution in [0.15, 0.2) is 23.1 Å². The Bertz CT molecular complexity index is 843. The topological polar surface area (TPSA) is 19.0 Å². The molecule has 0 unspecified atom stereocenters. The molecule has 0 bridgehead atoms. The minimum Gasteiger partial charge on any atom is -0.358 e. The van der Waals surface area contributed by atoms with Crippen LogP contribution in [0, 0.1) is 0 Å². The lowest BCUT2D eigenvalue weighted by Crippen LogP contribution is -2.27. The number of rotatable bonds is 4. The first-order valence-corrected chi connectivity index (χ1v) is 9.10. The van der Waals surface area contributed by atoms with Gasteiger partial charge in [0.25, 0.3) is 0 Å². The third kappa shape index (κ3) is 3.31. The van der Waals surface area contributed by atoms with Crippen LogP contribution in [0.2, 0.25) is 0 Å². The van der Waals surface area contributed by atoms with Crippen LogP contribution in [0.5, 0.6) is 0 Å². The van der Waals surface area contributed by atoms with E-state index in [1.165, 1.54) is 6.07 Å². The molecule has 1 aliphatic heterocycles. The monoisotopic (exact) mass is 357 g/mol. The molecule has 1 N–H and O–H groups in total. The summed E-state index contributed by atoms with van der Waals surface area (Å²) < 4.78 is 61.6. The number of alkyl halides is 3. The van der Waals surface area contributed by atoms with Gasteiger partial charge in [0.1, 0.15) is 0 Å². The van der Waals surface area contributed by atoms with Crippen LogP contribution in [0.4, 0.5) is 13.2 Å². The lowest BCUT2D eigenvalue weighted by atomic mass is 9.99. The predicted octanol–water partition coefficient (Wildman–Crippen LogP) is 5.29. The third-order valence-electron chi connectivity index (χ3n) is 4.95. The lowest BCUT2D eigenvalue weighted by Gasteiger charge is -2.20. The first-order valence-electron chi connectivity index (χ1n) is 9.79. The Morgan fingerprint density at radius 1 is 1.33 bits per heavy atom. The molecular weight excluding hydrogens is 333 g/mol. The maximum absolute atomic E-state index is 12.8. The highest BCUT2D eigenvalue weighted by Gasteiger charge is 2.32. The predicted molar refractivity (Wildman–Crippen MR) is 91.5 cm³/mol. The number of halogens is 3. The Balaban J connectivity index is 1.71. The Morgan fingerprint density at radius 3 is 2.88 bits per heavy atom. The van der Waals surface area contributed by atoms with Gasteiger partial charge in [-0.25, -0.2) is 0 Å². The number of nitrogens with one attached hydrogen (secondary N) is 1. The van der Waals surface area contributed by atoms with Crippen molar-refractivity contribution in [3.8, 4) is 0 Å². The number of hydrogen-bond donors (Lipinski definition) is 1. The number of H-pyrrole nitrogens is 1. The van der Waals surface area contributed by atoms with Crippen LogP contribution in [-0.2, 0) is 6.42 Å². The van der Waals surface area contributed by atoms with Crippen molar-refractivity contribution < 1.29 is 17.3 Å². The van der Waals surface area contributed by atoms with E-state index in [2.05, 4.69) is 4.98 Å². The normalized spacial score (nSPS) is 25.0. The van der Waals surface area contributed by atoms with E-state index in [-0.39, 0.29) is 22.7 Å².